The highest BCUT2D eigenvalue weighted by Crippen LogP contribution is 2.49. The van der Waals surface area contributed by atoms with Crippen LogP contribution >= 0.6 is 0 Å². The molecule has 0 atom stereocenters. The predicted octanol–water partition coefficient (Wildman–Crippen LogP) is 13.0. The molecule has 0 fully saturated rings. The number of rotatable bonds is 4. The van der Waals surface area contributed by atoms with Crippen LogP contribution in [0.4, 0.5) is 0 Å². The number of fused-ring (bicyclic) bond motifs is 12. The lowest BCUT2D eigenvalue weighted by atomic mass is 9.91. The second-order valence-corrected chi connectivity index (χ2v) is 17.3. The molecular weight excluding hydrogens is 757 g/mol. The standard InChI is InChI=1S/C56H42N6/c57-33-43-53(59-45-25-9-1-17-35(45)36-18-2-10-26-46(36)59)44(34-58)55(61-49-29-13-5-21-39(49)40-22-6-14-30-50(40)61)56(62-51-31-15-7-23-41(51)42-24-8-16-32-52(42)62)54(43)60-47-27-11-3-19-37(47)38-20-4-12-28-48(38)60/h1-2,7-13,15-18,23-29,31-32H,3-6,14,19-22,30H2. The maximum Gasteiger partial charge on any atom is 0.104 e. The summed E-state index contributed by atoms with van der Waals surface area (Å²) in [6.45, 7) is 0. The van der Waals surface area contributed by atoms with Gasteiger partial charge in [-0.3, -0.25) is 0 Å². The van der Waals surface area contributed by atoms with Crippen LogP contribution in [0.25, 0.3) is 84.6 Å². The van der Waals surface area contributed by atoms with Gasteiger partial charge in [0, 0.05) is 44.3 Å². The summed E-state index contributed by atoms with van der Waals surface area (Å²) in [5.41, 5.74) is 18.5. The molecule has 0 unspecified atom stereocenters. The van der Waals surface area contributed by atoms with Crippen LogP contribution in [0.2, 0.25) is 0 Å². The molecule has 0 bridgehead atoms. The molecule has 13 rings (SSSR count). The molecule has 4 aliphatic rings. The maximum atomic E-state index is 12.2. The third kappa shape index (κ3) is 4.67. The lowest BCUT2D eigenvalue weighted by molar-refractivity contribution is 0.659. The smallest absolute Gasteiger partial charge is 0.104 e. The zero-order chi connectivity index (χ0) is 41.1. The SMILES string of the molecule is N#Cc1c(-n2c3c(c4c2C=CCC4)CCC=C3)c(-n2c3ccccc3c3ccccc32)c(-n2c3c(c4c2CCCC4)CCC=C3)c(C#N)c1-n1c2ccccc2c2ccccc21. The van der Waals surface area contributed by atoms with Crippen LogP contribution in [0, 0.1) is 22.7 Å². The molecule has 0 spiro atoms. The van der Waals surface area contributed by atoms with Crippen LogP contribution < -0.4 is 0 Å². The summed E-state index contributed by atoms with van der Waals surface area (Å²) in [6, 6.07) is 40.0. The number of benzene rings is 5. The van der Waals surface area contributed by atoms with Gasteiger partial charge in [-0.25, -0.2) is 0 Å². The zero-order valence-corrected chi connectivity index (χ0v) is 34.5. The molecule has 6 nitrogen and oxygen atoms in total. The first kappa shape index (κ1) is 35.2. The largest absolute Gasteiger partial charge is 0.310 e. The fraction of sp³-hybridized carbons (Fsp3) is 0.179. The number of allylic oxidation sites excluding steroid dienone is 3. The molecule has 4 heterocycles. The van der Waals surface area contributed by atoms with E-state index in [1.807, 2.05) is 0 Å². The van der Waals surface area contributed by atoms with Gasteiger partial charge in [-0.15, -0.1) is 0 Å². The van der Waals surface area contributed by atoms with Gasteiger partial charge in [0.2, 0.25) is 0 Å². The van der Waals surface area contributed by atoms with E-state index < -0.39 is 0 Å². The Morgan fingerprint density at radius 3 is 1.23 bits per heavy atom. The summed E-state index contributed by atoms with van der Waals surface area (Å²) in [5, 5.41) is 28.8. The van der Waals surface area contributed by atoms with Crippen molar-refractivity contribution in [2.75, 3.05) is 0 Å². The van der Waals surface area contributed by atoms with Gasteiger partial charge in [0.25, 0.3) is 0 Å². The van der Waals surface area contributed by atoms with E-state index in [4.69, 9.17) is 0 Å². The zero-order valence-electron chi connectivity index (χ0n) is 34.5. The molecule has 0 amide bonds. The first-order chi connectivity index (χ1) is 30.8. The normalized spacial score (nSPS) is 15.2. The summed E-state index contributed by atoms with van der Waals surface area (Å²) in [6.07, 6.45) is 23.8. The van der Waals surface area contributed by atoms with Crippen LogP contribution in [0.3, 0.4) is 0 Å². The van der Waals surface area contributed by atoms with Gasteiger partial charge in [-0.05, 0) is 129 Å². The van der Waals surface area contributed by atoms with Gasteiger partial charge >= 0.3 is 0 Å². The van der Waals surface area contributed by atoms with Gasteiger partial charge in [-0.1, -0.05) is 91.0 Å². The molecule has 4 aromatic heterocycles. The molecule has 9 aromatic rings. The Bertz CT molecular complexity index is 3460. The van der Waals surface area contributed by atoms with Crippen LogP contribution in [0.15, 0.2) is 115 Å². The summed E-state index contributed by atoms with van der Waals surface area (Å²) < 4.78 is 9.55. The highest BCUT2D eigenvalue weighted by atomic mass is 15.1. The van der Waals surface area contributed by atoms with Crippen LogP contribution in [-0.2, 0) is 32.1 Å². The van der Waals surface area contributed by atoms with Gasteiger partial charge in [0.1, 0.15) is 23.3 Å². The van der Waals surface area contributed by atoms with E-state index in [1.54, 1.807) is 0 Å². The average Bonchev–Trinajstić information content (AvgIpc) is 4.06. The third-order valence-electron chi connectivity index (χ3n) is 14.3. The van der Waals surface area contributed by atoms with E-state index in [0.717, 1.165) is 136 Å². The van der Waals surface area contributed by atoms with Crippen molar-refractivity contribution >= 4 is 61.8 Å². The topological polar surface area (TPSA) is 67.3 Å². The van der Waals surface area contributed by atoms with Crippen LogP contribution in [0.1, 0.15) is 88.3 Å². The van der Waals surface area contributed by atoms with Gasteiger partial charge in [-0.2, -0.15) is 10.5 Å². The molecule has 0 radical (unpaired) electrons. The van der Waals surface area contributed by atoms with E-state index in [9.17, 15) is 10.5 Å². The summed E-state index contributed by atoms with van der Waals surface area (Å²) in [4.78, 5) is 0. The van der Waals surface area contributed by atoms with Crippen molar-refractivity contribution in [2.24, 2.45) is 0 Å². The molecule has 4 aliphatic carbocycles. The van der Waals surface area contributed by atoms with Crippen LogP contribution in [0.5, 0.6) is 0 Å². The second kappa shape index (κ2) is 13.5. The number of hydrogen-bond donors (Lipinski definition) is 0. The lowest BCUT2D eigenvalue weighted by Crippen LogP contribution is -2.20. The first-order valence-electron chi connectivity index (χ1n) is 22.3. The number of aromatic nitrogens is 4. The molecule has 5 aromatic carbocycles. The summed E-state index contributed by atoms with van der Waals surface area (Å²) >= 11 is 0. The average molecular weight is 799 g/mol. The van der Waals surface area contributed by atoms with Crippen LogP contribution in [-0.4, -0.2) is 18.3 Å². The molecule has 62 heavy (non-hydrogen) atoms. The van der Waals surface area contributed by atoms with E-state index >= 15 is 0 Å². The second-order valence-electron chi connectivity index (χ2n) is 17.3. The van der Waals surface area contributed by atoms with Crippen molar-refractivity contribution in [3.63, 3.8) is 0 Å². The van der Waals surface area contributed by atoms with Crippen molar-refractivity contribution < 1.29 is 0 Å². The Morgan fingerprint density at radius 2 is 0.758 bits per heavy atom. The third-order valence-corrected chi connectivity index (χ3v) is 14.3. The van der Waals surface area contributed by atoms with Gasteiger partial charge in [0.15, 0.2) is 0 Å². The fourth-order valence-corrected chi connectivity index (χ4v) is 11.8. The number of nitrogens with zero attached hydrogens (tertiary/aromatic N) is 6. The highest BCUT2D eigenvalue weighted by Gasteiger charge is 2.37. The number of para-hydroxylation sites is 4. The lowest BCUT2D eigenvalue weighted by Gasteiger charge is -2.29. The maximum absolute atomic E-state index is 12.2. The monoisotopic (exact) mass is 798 g/mol. The molecule has 0 saturated heterocycles. The Balaban J connectivity index is 1.35. The number of nitriles is 2. The van der Waals surface area contributed by atoms with Gasteiger partial charge in [0.05, 0.1) is 44.8 Å². The quantitative estimate of drug-likeness (QED) is 0.178. The summed E-state index contributed by atoms with van der Waals surface area (Å²) in [5.74, 6) is 0. The van der Waals surface area contributed by atoms with Crippen molar-refractivity contribution in [3.05, 3.63) is 171 Å². The van der Waals surface area contributed by atoms with Crippen molar-refractivity contribution in [1.82, 2.24) is 18.3 Å². The minimum atomic E-state index is 0.484. The van der Waals surface area contributed by atoms with Crippen molar-refractivity contribution in [3.8, 4) is 34.9 Å². The molecular formula is C56H42N6. The molecule has 296 valence electrons. The minimum Gasteiger partial charge on any atom is -0.310 e. The van der Waals surface area contributed by atoms with E-state index in [1.165, 1.54) is 33.6 Å². The summed E-state index contributed by atoms with van der Waals surface area (Å²) in [7, 11) is 0. The van der Waals surface area contributed by atoms with E-state index in [-0.39, 0.29) is 0 Å². The van der Waals surface area contributed by atoms with E-state index in [0.29, 0.717) is 16.8 Å². The Hall–Kier alpha value is -7.54. The van der Waals surface area contributed by atoms with E-state index in [2.05, 4.69) is 164 Å². The first-order valence-corrected chi connectivity index (χ1v) is 22.3. The minimum absolute atomic E-state index is 0.484. The van der Waals surface area contributed by atoms with Crippen molar-refractivity contribution in [1.29, 1.82) is 10.5 Å². The van der Waals surface area contributed by atoms with Gasteiger partial charge < -0.3 is 18.3 Å². The molecule has 6 heteroatoms. The molecule has 0 aliphatic heterocycles. The fourth-order valence-electron chi connectivity index (χ4n) is 11.8. The van der Waals surface area contributed by atoms with Crippen molar-refractivity contribution in [2.45, 2.75) is 64.2 Å². The molecule has 0 N–H and O–H groups in total. The number of hydrogen-bond acceptors (Lipinski definition) is 2. The Kier molecular flexibility index (Phi) is 7.66. The highest BCUT2D eigenvalue weighted by molar-refractivity contribution is 6.12. The Labute approximate surface area is 359 Å². The molecule has 0 saturated carbocycles. The predicted molar refractivity (Wildman–Crippen MR) is 252 cm³/mol. The Morgan fingerprint density at radius 1 is 0.371 bits per heavy atom.